The molecule has 80 heavy (non-hydrogen) atoms. The lowest BCUT2D eigenvalue weighted by Crippen LogP contribution is -2.77. The average molecular weight is 1090 g/mol. The molecule has 4 aromatic heterocycles. The summed E-state index contributed by atoms with van der Waals surface area (Å²) < 4.78 is 15.1. The van der Waals surface area contributed by atoms with Crippen molar-refractivity contribution in [1.82, 2.24) is 0 Å². The number of furan rings is 1. The van der Waals surface area contributed by atoms with Crippen LogP contribution in [-0.2, 0) is 0 Å². The largest absolute Gasteiger partial charge is 0.456 e. The van der Waals surface area contributed by atoms with Gasteiger partial charge in [-0.3, -0.25) is 0 Å². The maximum absolute atomic E-state index is 7.40. The first-order valence-corrected chi connectivity index (χ1v) is 31.6. The highest BCUT2D eigenvalue weighted by atomic mass is 32.1. The van der Waals surface area contributed by atoms with Crippen molar-refractivity contribution in [3.63, 3.8) is 0 Å². The summed E-state index contributed by atoms with van der Waals surface area (Å²) in [5.74, 6) is 0. The molecule has 378 valence electrons. The molecule has 11 aromatic carbocycles. The van der Waals surface area contributed by atoms with Crippen molar-refractivity contribution in [2.45, 2.75) is 6.92 Å². The number of hydrogen-bond donors (Lipinski definition) is 0. The molecule has 0 saturated heterocycles. The Bertz CT molecular complexity index is 4960. The van der Waals surface area contributed by atoms with Crippen LogP contribution in [0.25, 0.3) is 93.6 Å². The maximum atomic E-state index is 7.40. The number of anilines is 5. The Morgan fingerprint density at radius 1 is 0.450 bits per heavy atom. The number of allylic oxidation sites excluding steroid dienone is 4. The summed E-state index contributed by atoms with van der Waals surface area (Å²) in [6.45, 7) is 6.35. The van der Waals surface area contributed by atoms with Gasteiger partial charge in [0.25, 0.3) is 0 Å². The van der Waals surface area contributed by atoms with E-state index in [4.69, 9.17) is 4.42 Å². The first kappa shape index (κ1) is 47.0. The van der Waals surface area contributed by atoms with Crippen molar-refractivity contribution in [3.8, 4) is 11.1 Å². The number of para-hydroxylation sites is 1. The van der Waals surface area contributed by atoms with Crippen LogP contribution in [0.3, 0.4) is 0 Å². The molecule has 0 unspecified atom stereocenters. The third-order valence-electron chi connectivity index (χ3n) is 16.4. The van der Waals surface area contributed by atoms with E-state index >= 15 is 0 Å². The fourth-order valence-electron chi connectivity index (χ4n) is 12.9. The van der Waals surface area contributed by atoms with E-state index in [1.54, 1.807) is 0 Å². The zero-order valence-electron chi connectivity index (χ0n) is 43.6. The van der Waals surface area contributed by atoms with Crippen LogP contribution in [0.15, 0.2) is 278 Å². The van der Waals surface area contributed by atoms with E-state index < -0.39 is 8.07 Å². The Balaban J connectivity index is 0.969. The van der Waals surface area contributed by atoms with Gasteiger partial charge >= 0.3 is 0 Å². The van der Waals surface area contributed by atoms with Crippen LogP contribution in [0.1, 0.15) is 6.92 Å². The SMILES string of the molecule is C=C/C=C(\C=C/C)N1c2ccccc2[Si](c2ccc3c(c2)sc2ccccc23)(c2ccc3c(c2)sc2ccccc23)c2cc3oc4cc(N(c5ccc(-c6ccccc6)cc5)c5cccc6c5sc5ccccc56)ccc4c3cc21. The molecule has 0 N–H and O–H groups in total. The molecule has 7 heteroatoms. The zero-order chi connectivity index (χ0) is 53.1. The van der Waals surface area contributed by atoms with Crippen LogP contribution in [-0.4, -0.2) is 8.07 Å². The average Bonchev–Trinajstić information content (AvgIpc) is 4.41. The van der Waals surface area contributed by atoms with Gasteiger partial charge in [0.15, 0.2) is 8.07 Å². The summed E-state index contributed by atoms with van der Waals surface area (Å²) >= 11 is 5.63. The molecule has 0 bridgehead atoms. The normalized spacial score (nSPS) is 13.5. The summed E-state index contributed by atoms with van der Waals surface area (Å²) in [6, 6.07) is 88.5. The second kappa shape index (κ2) is 18.5. The van der Waals surface area contributed by atoms with Crippen molar-refractivity contribution in [2.24, 2.45) is 0 Å². The molecule has 1 aliphatic heterocycles. The minimum atomic E-state index is -3.27. The Hall–Kier alpha value is -9.08. The molecule has 0 radical (unpaired) electrons. The number of hydrogen-bond acceptors (Lipinski definition) is 6. The number of fused-ring (bicyclic) bond motifs is 14. The summed E-state index contributed by atoms with van der Waals surface area (Å²) in [6.07, 6.45) is 8.40. The smallest absolute Gasteiger partial charge is 0.184 e. The Morgan fingerprint density at radius 2 is 1.01 bits per heavy atom. The summed E-state index contributed by atoms with van der Waals surface area (Å²) in [7, 11) is -3.27. The lowest BCUT2D eigenvalue weighted by molar-refractivity contribution is 0.669. The van der Waals surface area contributed by atoms with Crippen molar-refractivity contribution in [1.29, 1.82) is 0 Å². The van der Waals surface area contributed by atoms with Gasteiger partial charge in [0.2, 0.25) is 0 Å². The van der Waals surface area contributed by atoms with Crippen LogP contribution < -0.4 is 30.5 Å². The molecule has 0 aliphatic carbocycles. The van der Waals surface area contributed by atoms with E-state index in [-0.39, 0.29) is 0 Å². The lowest BCUT2D eigenvalue weighted by atomic mass is 10.0. The number of thiophene rings is 3. The minimum absolute atomic E-state index is 0.833. The first-order valence-electron chi connectivity index (χ1n) is 27.1. The van der Waals surface area contributed by atoms with Crippen molar-refractivity contribution in [3.05, 3.63) is 273 Å². The van der Waals surface area contributed by atoms with Gasteiger partial charge in [-0.2, -0.15) is 0 Å². The minimum Gasteiger partial charge on any atom is -0.456 e. The van der Waals surface area contributed by atoms with Gasteiger partial charge in [0, 0.05) is 101 Å². The van der Waals surface area contributed by atoms with Crippen LogP contribution in [0, 0.1) is 0 Å². The molecular weight excluding hydrogens is 1050 g/mol. The standard InChI is InChI=1S/C73H48N2OS3Si/c1-3-17-48(18-4-2)75-61-25-11-15-30-71(61)80(51-36-39-57-54-21-8-12-27-66(54)77-69(57)42-51,52-37-40-58-55-22-9-13-28-67(55)78-70(58)43-52)72-45-65-60(44-63(72)75)53-38-35-50(41-64(53)76-65)74(49-33-31-47(32-34-49)46-19-6-5-7-20-46)62-26-16-24-59-56-23-10-14-29-68(56)79-73(59)62/h3-45H,1H2,2H3/b18-4-,48-17+. The lowest BCUT2D eigenvalue weighted by Gasteiger charge is -2.45. The third kappa shape index (κ3) is 7.08. The summed E-state index contributed by atoms with van der Waals surface area (Å²) in [5.41, 5.74) is 10.6. The summed E-state index contributed by atoms with van der Waals surface area (Å²) in [5, 5.41) is 15.1. The Morgan fingerprint density at radius 3 is 1.70 bits per heavy atom. The molecule has 0 spiro atoms. The van der Waals surface area contributed by atoms with Crippen molar-refractivity contribution < 1.29 is 4.42 Å². The van der Waals surface area contributed by atoms with Gasteiger partial charge in [-0.05, 0) is 130 Å². The zero-order valence-corrected chi connectivity index (χ0v) is 47.0. The van der Waals surface area contributed by atoms with Gasteiger partial charge in [-0.1, -0.05) is 170 Å². The highest BCUT2D eigenvalue weighted by Crippen LogP contribution is 2.48. The number of benzene rings is 11. The van der Waals surface area contributed by atoms with Gasteiger partial charge in [-0.25, -0.2) is 0 Å². The maximum Gasteiger partial charge on any atom is 0.184 e. The molecule has 15 aromatic rings. The van der Waals surface area contributed by atoms with Crippen LogP contribution >= 0.6 is 34.0 Å². The van der Waals surface area contributed by atoms with Crippen molar-refractivity contribution >= 4 is 174 Å². The second-order valence-electron chi connectivity index (χ2n) is 20.7. The Labute approximate surface area is 475 Å². The predicted octanol–water partition coefficient (Wildman–Crippen LogP) is 19.3. The van der Waals surface area contributed by atoms with E-state index in [9.17, 15) is 0 Å². The van der Waals surface area contributed by atoms with Crippen molar-refractivity contribution in [2.75, 3.05) is 9.80 Å². The molecule has 1 aliphatic rings. The highest BCUT2D eigenvalue weighted by Gasteiger charge is 2.50. The Kier molecular flexibility index (Phi) is 10.9. The first-order chi connectivity index (χ1) is 39.5. The molecule has 0 saturated carbocycles. The fourth-order valence-corrected chi connectivity index (χ4v) is 21.7. The molecule has 16 rings (SSSR count). The second-order valence-corrected chi connectivity index (χ2v) is 27.6. The van der Waals surface area contributed by atoms with Gasteiger partial charge in [0.05, 0.1) is 10.4 Å². The van der Waals surface area contributed by atoms with E-state index in [1.807, 2.05) is 40.1 Å². The van der Waals surface area contributed by atoms with E-state index in [1.165, 1.54) is 98.1 Å². The highest BCUT2D eigenvalue weighted by molar-refractivity contribution is 7.28. The van der Waals surface area contributed by atoms with E-state index in [0.29, 0.717) is 0 Å². The molecule has 5 heterocycles. The summed E-state index contributed by atoms with van der Waals surface area (Å²) in [4.78, 5) is 4.89. The van der Waals surface area contributed by atoms with E-state index in [2.05, 4.69) is 278 Å². The molecular formula is C73H48N2OS3Si. The number of rotatable bonds is 9. The predicted molar refractivity (Wildman–Crippen MR) is 351 cm³/mol. The van der Waals surface area contributed by atoms with Crippen LogP contribution in [0.2, 0.25) is 0 Å². The molecule has 3 nitrogen and oxygen atoms in total. The fraction of sp³-hybridized carbons (Fsp3) is 0.0137. The molecule has 0 fully saturated rings. The van der Waals surface area contributed by atoms with Crippen LogP contribution in [0.4, 0.5) is 28.4 Å². The van der Waals surface area contributed by atoms with Gasteiger partial charge in [-0.15, -0.1) is 34.0 Å². The van der Waals surface area contributed by atoms with Crippen LogP contribution in [0.5, 0.6) is 0 Å². The third-order valence-corrected chi connectivity index (χ3v) is 24.7. The molecule has 0 amide bonds. The van der Waals surface area contributed by atoms with Gasteiger partial charge < -0.3 is 14.2 Å². The van der Waals surface area contributed by atoms with E-state index in [0.717, 1.165) is 50.4 Å². The quantitative estimate of drug-likeness (QED) is 0.106. The number of nitrogens with zero attached hydrogens (tertiary/aromatic N) is 2. The topological polar surface area (TPSA) is 19.6 Å². The monoisotopic (exact) mass is 1090 g/mol. The molecule has 0 atom stereocenters. The van der Waals surface area contributed by atoms with Gasteiger partial charge in [0.1, 0.15) is 11.2 Å².